The Kier molecular flexibility index (Phi) is 3.29. The lowest BCUT2D eigenvalue weighted by molar-refractivity contribution is -0.134. The lowest BCUT2D eigenvalue weighted by Gasteiger charge is -2.04. The number of rotatable bonds is 4. The van der Waals surface area contributed by atoms with Gasteiger partial charge in [0.1, 0.15) is 5.75 Å². The van der Waals surface area contributed by atoms with Crippen LogP contribution >= 0.6 is 11.3 Å². The number of carbonyl (C=O) groups is 1. The van der Waals surface area contributed by atoms with Crippen LogP contribution in [0, 0.1) is 0 Å². The standard InChI is InChI=1S/C14H12N2O2S/c17-14(5-4-10-8-15-9-19-10)18-13-3-1-2-12-11(13)6-7-16-12/h1-3,6-9,16H,4-5H2. The molecule has 0 aliphatic rings. The topological polar surface area (TPSA) is 55.0 Å². The van der Waals surface area contributed by atoms with Crippen molar-refractivity contribution in [1.82, 2.24) is 9.97 Å². The van der Waals surface area contributed by atoms with Gasteiger partial charge in [-0.05, 0) is 24.6 Å². The van der Waals surface area contributed by atoms with E-state index < -0.39 is 0 Å². The number of ether oxygens (including phenoxy) is 1. The molecule has 5 heteroatoms. The van der Waals surface area contributed by atoms with Crippen molar-refractivity contribution in [2.45, 2.75) is 12.8 Å². The maximum absolute atomic E-state index is 11.8. The molecule has 1 aromatic carbocycles. The van der Waals surface area contributed by atoms with E-state index in [4.69, 9.17) is 4.74 Å². The zero-order valence-electron chi connectivity index (χ0n) is 10.1. The van der Waals surface area contributed by atoms with Crippen LogP contribution < -0.4 is 4.74 Å². The Morgan fingerprint density at radius 3 is 3.16 bits per heavy atom. The number of aromatic amines is 1. The number of hydrogen-bond donors (Lipinski definition) is 1. The van der Waals surface area contributed by atoms with Gasteiger partial charge in [-0.25, -0.2) is 0 Å². The number of esters is 1. The molecule has 0 amide bonds. The van der Waals surface area contributed by atoms with Crippen LogP contribution in [0.4, 0.5) is 0 Å². The summed E-state index contributed by atoms with van der Waals surface area (Å²) in [6.07, 6.45) is 4.65. The van der Waals surface area contributed by atoms with Crippen molar-refractivity contribution >= 4 is 28.2 Å². The van der Waals surface area contributed by atoms with E-state index in [0.717, 1.165) is 15.8 Å². The SMILES string of the molecule is O=C(CCc1cncs1)Oc1cccc2[nH]ccc12. The molecule has 3 aromatic rings. The highest BCUT2D eigenvalue weighted by atomic mass is 32.1. The molecule has 3 rings (SSSR count). The van der Waals surface area contributed by atoms with Crippen molar-refractivity contribution in [2.24, 2.45) is 0 Å². The monoisotopic (exact) mass is 272 g/mol. The molecule has 4 nitrogen and oxygen atoms in total. The molecule has 1 N–H and O–H groups in total. The molecule has 19 heavy (non-hydrogen) atoms. The van der Waals surface area contributed by atoms with E-state index in [1.165, 1.54) is 0 Å². The number of benzene rings is 1. The average molecular weight is 272 g/mol. The van der Waals surface area contributed by atoms with E-state index >= 15 is 0 Å². The molecule has 0 bridgehead atoms. The number of aryl methyl sites for hydroxylation is 1. The number of thiazole rings is 1. The smallest absolute Gasteiger partial charge is 0.311 e. The normalized spacial score (nSPS) is 10.7. The molecular weight excluding hydrogens is 260 g/mol. The van der Waals surface area contributed by atoms with E-state index in [0.29, 0.717) is 18.6 Å². The molecule has 0 fully saturated rings. The first-order valence-electron chi connectivity index (χ1n) is 5.97. The fraction of sp³-hybridized carbons (Fsp3) is 0.143. The minimum atomic E-state index is -0.220. The number of hydrogen-bond acceptors (Lipinski definition) is 4. The molecule has 0 aliphatic heterocycles. The summed E-state index contributed by atoms with van der Waals surface area (Å²) < 4.78 is 5.41. The van der Waals surface area contributed by atoms with Crippen molar-refractivity contribution in [3.63, 3.8) is 0 Å². The first-order chi connectivity index (χ1) is 9.33. The second-order valence-corrected chi connectivity index (χ2v) is 5.11. The van der Waals surface area contributed by atoms with Gasteiger partial charge in [-0.15, -0.1) is 11.3 Å². The summed E-state index contributed by atoms with van der Waals surface area (Å²) in [7, 11) is 0. The van der Waals surface area contributed by atoms with Gasteiger partial charge in [-0.3, -0.25) is 9.78 Å². The third-order valence-electron chi connectivity index (χ3n) is 2.84. The maximum Gasteiger partial charge on any atom is 0.311 e. The van der Waals surface area contributed by atoms with Crippen LogP contribution in [0.5, 0.6) is 5.75 Å². The van der Waals surface area contributed by atoms with Crippen LogP contribution in [-0.2, 0) is 11.2 Å². The first kappa shape index (κ1) is 11.9. The van der Waals surface area contributed by atoms with Crippen LogP contribution in [0.15, 0.2) is 42.2 Å². The largest absolute Gasteiger partial charge is 0.426 e. The molecule has 0 saturated carbocycles. The molecular formula is C14H12N2O2S. The van der Waals surface area contributed by atoms with E-state index in [-0.39, 0.29) is 5.97 Å². The summed E-state index contributed by atoms with van der Waals surface area (Å²) in [6.45, 7) is 0. The number of fused-ring (bicyclic) bond motifs is 1. The molecule has 0 radical (unpaired) electrons. The van der Waals surface area contributed by atoms with Crippen molar-refractivity contribution in [3.05, 3.63) is 47.0 Å². The molecule has 0 unspecified atom stereocenters. The zero-order chi connectivity index (χ0) is 13.1. The van der Waals surface area contributed by atoms with Gasteiger partial charge >= 0.3 is 5.97 Å². The Bertz CT molecular complexity index is 688. The van der Waals surface area contributed by atoms with Gasteiger partial charge in [0.15, 0.2) is 0 Å². The molecule has 96 valence electrons. The second kappa shape index (κ2) is 5.24. The van der Waals surface area contributed by atoms with Crippen LogP contribution in [0.3, 0.4) is 0 Å². The van der Waals surface area contributed by atoms with Crippen molar-refractivity contribution in [3.8, 4) is 5.75 Å². The number of nitrogens with one attached hydrogen (secondary N) is 1. The summed E-state index contributed by atoms with van der Waals surface area (Å²) in [5.41, 5.74) is 2.73. The minimum absolute atomic E-state index is 0.220. The summed E-state index contributed by atoms with van der Waals surface area (Å²) in [5, 5.41) is 0.925. The molecule has 2 heterocycles. The fourth-order valence-electron chi connectivity index (χ4n) is 1.91. The Balaban J connectivity index is 1.67. The quantitative estimate of drug-likeness (QED) is 0.586. The van der Waals surface area contributed by atoms with Gasteiger partial charge in [-0.1, -0.05) is 6.07 Å². The Labute approximate surface area is 114 Å². The van der Waals surface area contributed by atoms with Crippen LogP contribution in [0.2, 0.25) is 0 Å². The molecule has 0 aliphatic carbocycles. The summed E-state index contributed by atoms with van der Waals surface area (Å²) in [6, 6.07) is 7.52. The highest BCUT2D eigenvalue weighted by Crippen LogP contribution is 2.24. The molecule has 0 saturated heterocycles. The number of nitrogens with zero attached hydrogens (tertiary/aromatic N) is 1. The van der Waals surface area contributed by atoms with Gasteiger partial charge in [-0.2, -0.15) is 0 Å². The number of aromatic nitrogens is 2. The highest BCUT2D eigenvalue weighted by Gasteiger charge is 2.09. The van der Waals surface area contributed by atoms with E-state index in [2.05, 4.69) is 9.97 Å². The van der Waals surface area contributed by atoms with Crippen molar-refractivity contribution in [1.29, 1.82) is 0 Å². The van der Waals surface area contributed by atoms with E-state index in [1.807, 2.05) is 24.4 Å². The molecule has 2 aromatic heterocycles. The number of carbonyl (C=O) groups excluding carboxylic acids is 1. The van der Waals surface area contributed by atoms with Gasteiger partial charge in [0.2, 0.25) is 0 Å². The lowest BCUT2D eigenvalue weighted by atomic mass is 10.2. The Hall–Kier alpha value is -2.14. The summed E-state index contributed by atoms with van der Waals surface area (Å²) in [4.78, 5) is 20.0. The van der Waals surface area contributed by atoms with Crippen LogP contribution in [-0.4, -0.2) is 15.9 Å². The fourth-order valence-corrected chi connectivity index (χ4v) is 2.51. The third kappa shape index (κ3) is 2.66. The van der Waals surface area contributed by atoms with Gasteiger partial charge in [0, 0.05) is 28.2 Å². The van der Waals surface area contributed by atoms with Crippen LogP contribution in [0.1, 0.15) is 11.3 Å². The lowest BCUT2D eigenvalue weighted by Crippen LogP contribution is -2.08. The average Bonchev–Trinajstić information content (AvgIpc) is 3.08. The maximum atomic E-state index is 11.8. The molecule has 0 spiro atoms. The van der Waals surface area contributed by atoms with Gasteiger partial charge in [0.05, 0.1) is 11.9 Å². The number of H-pyrrole nitrogens is 1. The highest BCUT2D eigenvalue weighted by molar-refractivity contribution is 7.09. The molecule has 0 atom stereocenters. The van der Waals surface area contributed by atoms with E-state index in [1.54, 1.807) is 29.1 Å². The Morgan fingerprint density at radius 1 is 1.37 bits per heavy atom. The first-order valence-corrected chi connectivity index (χ1v) is 6.85. The predicted octanol–water partition coefficient (Wildman–Crippen LogP) is 3.16. The van der Waals surface area contributed by atoms with E-state index in [9.17, 15) is 4.79 Å². The third-order valence-corrected chi connectivity index (χ3v) is 3.68. The van der Waals surface area contributed by atoms with Crippen molar-refractivity contribution in [2.75, 3.05) is 0 Å². The summed E-state index contributed by atoms with van der Waals surface area (Å²) >= 11 is 1.55. The minimum Gasteiger partial charge on any atom is -0.426 e. The van der Waals surface area contributed by atoms with Gasteiger partial charge in [0.25, 0.3) is 0 Å². The predicted molar refractivity (Wildman–Crippen MR) is 74.4 cm³/mol. The van der Waals surface area contributed by atoms with Gasteiger partial charge < -0.3 is 9.72 Å². The summed E-state index contributed by atoms with van der Waals surface area (Å²) in [5.74, 6) is 0.384. The van der Waals surface area contributed by atoms with Crippen LogP contribution in [0.25, 0.3) is 10.9 Å². The van der Waals surface area contributed by atoms with Crippen molar-refractivity contribution < 1.29 is 9.53 Å². The Morgan fingerprint density at radius 2 is 2.32 bits per heavy atom. The zero-order valence-corrected chi connectivity index (χ0v) is 10.9. The second-order valence-electron chi connectivity index (χ2n) is 4.14.